The average molecular weight is 242 g/mol. The summed E-state index contributed by atoms with van der Waals surface area (Å²) in [5.74, 6) is 0. The normalized spacial score (nSPS) is 22.4. The molecule has 0 aromatic carbocycles. The lowest BCUT2D eigenvalue weighted by molar-refractivity contribution is 0.0135. The van der Waals surface area contributed by atoms with Crippen LogP contribution in [-0.2, 0) is 4.74 Å². The van der Waals surface area contributed by atoms with Gasteiger partial charge in [-0.2, -0.15) is 0 Å². The average Bonchev–Trinajstić information content (AvgIpc) is 2.27. The fourth-order valence-corrected chi connectivity index (χ4v) is 2.15. The first-order valence-corrected chi connectivity index (χ1v) is 6.95. The fraction of sp³-hybridized carbons (Fsp3) is 1.00. The summed E-state index contributed by atoms with van der Waals surface area (Å²) in [4.78, 5) is 2.53. The second kappa shape index (κ2) is 6.72. The van der Waals surface area contributed by atoms with Crippen LogP contribution in [-0.4, -0.2) is 49.8 Å². The van der Waals surface area contributed by atoms with E-state index in [4.69, 9.17) is 4.74 Å². The van der Waals surface area contributed by atoms with Gasteiger partial charge in [0.1, 0.15) is 0 Å². The van der Waals surface area contributed by atoms with E-state index in [0.717, 1.165) is 32.8 Å². The quantitative estimate of drug-likeness (QED) is 0.799. The summed E-state index contributed by atoms with van der Waals surface area (Å²) in [5, 5.41) is 3.65. The van der Waals surface area contributed by atoms with Gasteiger partial charge in [0.05, 0.1) is 13.2 Å². The van der Waals surface area contributed by atoms with Crippen LogP contribution in [0.3, 0.4) is 0 Å². The van der Waals surface area contributed by atoms with E-state index < -0.39 is 0 Å². The van der Waals surface area contributed by atoms with E-state index in [1.807, 2.05) is 0 Å². The van der Waals surface area contributed by atoms with Crippen molar-refractivity contribution in [3.63, 3.8) is 0 Å². The van der Waals surface area contributed by atoms with Crippen molar-refractivity contribution >= 4 is 0 Å². The molecule has 0 unspecified atom stereocenters. The smallest absolute Gasteiger partial charge is 0.0594 e. The number of hydrogen-bond donors (Lipinski definition) is 1. The molecule has 0 aromatic rings. The lowest BCUT2D eigenvalue weighted by atomic mass is 9.92. The van der Waals surface area contributed by atoms with E-state index in [-0.39, 0.29) is 0 Å². The van der Waals surface area contributed by atoms with Crippen molar-refractivity contribution in [1.82, 2.24) is 10.2 Å². The number of nitrogens with one attached hydrogen (secondary N) is 1. The van der Waals surface area contributed by atoms with E-state index in [9.17, 15) is 0 Å². The van der Waals surface area contributed by atoms with Crippen LogP contribution in [0, 0.1) is 5.41 Å². The third-order valence-electron chi connectivity index (χ3n) is 3.69. The highest BCUT2D eigenvalue weighted by atomic mass is 16.5. The summed E-state index contributed by atoms with van der Waals surface area (Å²) >= 11 is 0. The molecule has 0 aromatic heterocycles. The summed E-state index contributed by atoms with van der Waals surface area (Å²) in [6.45, 7) is 16.5. The summed E-state index contributed by atoms with van der Waals surface area (Å²) in [6, 6.07) is 1.15. The van der Waals surface area contributed by atoms with E-state index in [0.29, 0.717) is 17.5 Å². The van der Waals surface area contributed by atoms with Crippen molar-refractivity contribution in [3.05, 3.63) is 0 Å². The Morgan fingerprint density at radius 3 is 2.29 bits per heavy atom. The van der Waals surface area contributed by atoms with Crippen LogP contribution in [0.1, 0.15) is 41.0 Å². The molecule has 1 rings (SSSR count). The molecule has 102 valence electrons. The highest BCUT2D eigenvalue weighted by molar-refractivity contribution is 4.79. The summed E-state index contributed by atoms with van der Waals surface area (Å²) in [7, 11) is 0. The van der Waals surface area contributed by atoms with Gasteiger partial charge < -0.3 is 10.1 Å². The molecule has 0 spiro atoms. The van der Waals surface area contributed by atoms with E-state index in [1.165, 1.54) is 6.42 Å². The van der Waals surface area contributed by atoms with Crippen molar-refractivity contribution in [1.29, 1.82) is 0 Å². The summed E-state index contributed by atoms with van der Waals surface area (Å²) < 4.78 is 5.39. The zero-order valence-electron chi connectivity index (χ0n) is 12.3. The van der Waals surface area contributed by atoms with Gasteiger partial charge in [-0.15, -0.1) is 0 Å². The maximum Gasteiger partial charge on any atom is 0.0594 e. The Morgan fingerprint density at radius 1 is 1.18 bits per heavy atom. The number of morpholine rings is 1. The summed E-state index contributed by atoms with van der Waals surface area (Å²) in [5.41, 5.74) is 0.426. The topological polar surface area (TPSA) is 24.5 Å². The first-order chi connectivity index (χ1) is 7.90. The van der Waals surface area contributed by atoms with Crippen LogP contribution >= 0.6 is 0 Å². The Hall–Kier alpha value is -0.120. The Balaban J connectivity index is 2.23. The third-order valence-corrected chi connectivity index (χ3v) is 3.69. The SMILES string of the molecule is C[C@H](NCCC(C)(C)C)[C@H](C)N1CCOCC1. The lowest BCUT2D eigenvalue weighted by Gasteiger charge is -2.36. The number of rotatable bonds is 5. The van der Waals surface area contributed by atoms with Gasteiger partial charge in [0.15, 0.2) is 0 Å². The molecule has 17 heavy (non-hydrogen) atoms. The molecule has 2 atom stereocenters. The van der Waals surface area contributed by atoms with Crippen LogP contribution in [0.25, 0.3) is 0 Å². The molecule has 1 saturated heterocycles. The van der Waals surface area contributed by atoms with E-state index in [2.05, 4.69) is 44.8 Å². The van der Waals surface area contributed by atoms with Gasteiger partial charge in [0, 0.05) is 25.2 Å². The van der Waals surface area contributed by atoms with Crippen LogP contribution in [0.5, 0.6) is 0 Å². The highest BCUT2D eigenvalue weighted by Crippen LogP contribution is 2.17. The van der Waals surface area contributed by atoms with Gasteiger partial charge >= 0.3 is 0 Å². The molecule has 1 fully saturated rings. The molecule has 1 heterocycles. The highest BCUT2D eigenvalue weighted by Gasteiger charge is 2.22. The van der Waals surface area contributed by atoms with Crippen molar-refractivity contribution in [3.8, 4) is 0 Å². The second-order valence-electron chi connectivity index (χ2n) is 6.44. The molecule has 1 aliphatic rings. The molecule has 0 radical (unpaired) electrons. The minimum atomic E-state index is 0.426. The monoisotopic (exact) mass is 242 g/mol. The van der Waals surface area contributed by atoms with Crippen molar-refractivity contribution in [2.75, 3.05) is 32.8 Å². The molecule has 0 aliphatic carbocycles. The van der Waals surface area contributed by atoms with Crippen molar-refractivity contribution in [2.24, 2.45) is 5.41 Å². The zero-order chi connectivity index (χ0) is 12.9. The van der Waals surface area contributed by atoms with Crippen LogP contribution in [0.4, 0.5) is 0 Å². The molecule has 3 nitrogen and oxygen atoms in total. The van der Waals surface area contributed by atoms with Gasteiger partial charge in [-0.05, 0) is 32.2 Å². The largest absolute Gasteiger partial charge is 0.379 e. The molecule has 3 heteroatoms. The van der Waals surface area contributed by atoms with Crippen LogP contribution in [0.2, 0.25) is 0 Å². The predicted molar refractivity (Wildman–Crippen MR) is 73.4 cm³/mol. The number of ether oxygens (including phenoxy) is 1. The van der Waals surface area contributed by atoms with Crippen molar-refractivity contribution < 1.29 is 4.74 Å². The molecule has 1 N–H and O–H groups in total. The van der Waals surface area contributed by atoms with Crippen LogP contribution < -0.4 is 5.32 Å². The molecular weight excluding hydrogens is 212 g/mol. The minimum Gasteiger partial charge on any atom is -0.379 e. The molecule has 1 aliphatic heterocycles. The Bertz CT molecular complexity index is 207. The minimum absolute atomic E-state index is 0.426. The Kier molecular flexibility index (Phi) is 5.90. The van der Waals surface area contributed by atoms with Crippen LogP contribution in [0.15, 0.2) is 0 Å². The first-order valence-electron chi connectivity index (χ1n) is 6.95. The predicted octanol–water partition coefficient (Wildman–Crippen LogP) is 2.12. The van der Waals surface area contributed by atoms with E-state index >= 15 is 0 Å². The first kappa shape index (κ1) is 14.9. The molecule has 0 amide bonds. The third kappa shape index (κ3) is 5.84. The number of nitrogens with zero attached hydrogens (tertiary/aromatic N) is 1. The van der Waals surface area contributed by atoms with E-state index in [1.54, 1.807) is 0 Å². The summed E-state index contributed by atoms with van der Waals surface area (Å²) in [6.07, 6.45) is 1.23. The zero-order valence-corrected chi connectivity index (χ0v) is 12.3. The second-order valence-corrected chi connectivity index (χ2v) is 6.44. The molecule has 0 saturated carbocycles. The van der Waals surface area contributed by atoms with Gasteiger partial charge in [-0.25, -0.2) is 0 Å². The maximum atomic E-state index is 5.39. The van der Waals surface area contributed by atoms with Gasteiger partial charge in [-0.1, -0.05) is 20.8 Å². The maximum absolute atomic E-state index is 5.39. The number of hydrogen-bond acceptors (Lipinski definition) is 3. The van der Waals surface area contributed by atoms with Gasteiger partial charge in [0.25, 0.3) is 0 Å². The van der Waals surface area contributed by atoms with Crippen molar-refractivity contribution in [2.45, 2.75) is 53.1 Å². The molecular formula is C14H30N2O. The Morgan fingerprint density at radius 2 is 1.76 bits per heavy atom. The van der Waals surface area contributed by atoms with Gasteiger partial charge in [0.2, 0.25) is 0 Å². The Labute approximate surface area is 107 Å². The molecule has 0 bridgehead atoms. The fourth-order valence-electron chi connectivity index (χ4n) is 2.15. The van der Waals surface area contributed by atoms with Gasteiger partial charge in [-0.3, -0.25) is 4.90 Å². The standard InChI is InChI=1S/C14H30N2O/c1-12(15-7-6-14(3,4)5)13(2)16-8-10-17-11-9-16/h12-13,15H,6-11H2,1-5H3/t12-,13-/m0/s1. The lowest BCUT2D eigenvalue weighted by Crippen LogP contribution is -2.51.